The molecule has 0 amide bonds. The van der Waals surface area contributed by atoms with Gasteiger partial charge in [-0.2, -0.15) is 18.3 Å². The van der Waals surface area contributed by atoms with Crippen molar-refractivity contribution in [2.45, 2.75) is 6.18 Å². The van der Waals surface area contributed by atoms with Gasteiger partial charge in [-0.15, -0.1) is 0 Å². The second kappa shape index (κ2) is 8.09. The molecule has 0 saturated heterocycles. The number of aromatic nitrogens is 3. The van der Waals surface area contributed by atoms with Gasteiger partial charge in [0.25, 0.3) is 0 Å². The van der Waals surface area contributed by atoms with Crippen LogP contribution in [-0.4, -0.2) is 21.9 Å². The van der Waals surface area contributed by atoms with E-state index >= 15 is 0 Å². The van der Waals surface area contributed by atoms with E-state index in [0.29, 0.717) is 22.6 Å². The molecule has 0 atom stereocenters. The monoisotopic (exact) mass is 445 g/mol. The molecule has 0 saturated carbocycles. The third kappa shape index (κ3) is 3.82. The zero-order valence-electron chi connectivity index (χ0n) is 17.5. The Morgan fingerprint density at radius 1 is 0.788 bits per heavy atom. The number of nitrogens with zero attached hydrogens (tertiary/aromatic N) is 3. The predicted molar refractivity (Wildman–Crippen MR) is 121 cm³/mol. The van der Waals surface area contributed by atoms with Gasteiger partial charge in [-0.25, -0.2) is 9.67 Å². The van der Waals surface area contributed by atoms with Gasteiger partial charge in [-0.3, -0.25) is 0 Å². The maximum atomic E-state index is 14.4. The molecule has 2 heterocycles. The van der Waals surface area contributed by atoms with Crippen LogP contribution in [0.1, 0.15) is 5.56 Å². The summed E-state index contributed by atoms with van der Waals surface area (Å²) in [5.41, 5.74) is 1.55. The molecule has 4 nitrogen and oxygen atoms in total. The van der Waals surface area contributed by atoms with Gasteiger partial charge >= 0.3 is 6.18 Å². The summed E-state index contributed by atoms with van der Waals surface area (Å²) in [6.45, 7) is 0. The second-order valence-electron chi connectivity index (χ2n) is 7.44. The fourth-order valence-electron chi connectivity index (χ4n) is 3.80. The molecule has 3 aromatic carbocycles. The van der Waals surface area contributed by atoms with Crippen molar-refractivity contribution < 1.29 is 17.9 Å². The number of halogens is 3. The molecule has 2 aromatic heterocycles. The highest BCUT2D eigenvalue weighted by molar-refractivity contribution is 5.96. The number of hydrogen-bond acceptors (Lipinski definition) is 3. The van der Waals surface area contributed by atoms with E-state index in [1.54, 1.807) is 60.7 Å². The minimum Gasteiger partial charge on any atom is -0.497 e. The van der Waals surface area contributed by atoms with E-state index in [9.17, 15) is 13.2 Å². The molecule has 5 aromatic rings. The van der Waals surface area contributed by atoms with Crippen LogP contribution in [0.5, 0.6) is 5.75 Å². The Balaban J connectivity index is 1.86. The summed E-state index contributed by atoms with van der Waals surface area (Å²) in [4.78, 5) is 4.66. The molecule has 164 valence electrons. The molecular weight excluding hydrogens is 427 g/mol. The van der Waals surface area contributed by atoms with Gasteiger partial charge in [0.05, 0.1) is 29.4 Å². The van der Waals surface area contributed by atoms with E-state index in [-0.39, 0.29) is 22.4 Å². The fraction of sp³-hybridized carbons (Fsp3) is 0.0769. The first-order chi connectivity index (χ1) is 16.0. The highest BCUT2D eigenvalue weighted by Gasteiger charge is 2.36. The average Bonchev–Trinajstić information content (AvgIpc) is 3.23. The summed E-state index contributed by atoms with van der Waals surface area (Å²) in [7, 11) is 1.53. The lowest BCUT2D eigenvalue weighted by molar-refractivity contribution is -0.136. The first-order valence-corrected chi connectivity index (χ1v) is 10.2. The number of benzene rings is 3. The molecule has 0 aliphatic rings. The number of para-hydroxylation sites is 1. The van der Waals surface area contributed by atoms with Crippen molar-refractivity contribution in [1.82, 2.24) is 14.8 Å². The summed E-state index contributed by atoms with van der Waals surface area (Å²) in [6.07, 6.45) is -4.60. The molecule has 0 aliphatic heterocycles. The summed E-state index contributed by atoms with van der Waals surface area (Å²) < 4.78 is 49.7. The molecular formula is C26H18F3N3O. The normalized spacial score (nSPS) is 11.6. The number of fused-ring (bicyclic) bond motifs is 1. The van der Waals surface area contributed by atoms with E-state index in [0.717, 1.165) is 6.07 Å². The number of ether oxygens (including phenoxy) is 1. The maximum absolute atomic E-state index is 14.4. The molecule has 0 unspecified atom stereocenters. The quantitative estimate of drug-likeness (QED) is 0.306. The first kappa shape index (κ1) is 20.8. The molecule has 0 aliphatic carbocycles. The maximum Gasteiger partial charge on any atom is 0.417 e. The van der Waals surface area contributed by atoms with E-state index in [4.69, 9.17) is 4.74 Å². The molecule has 0 spiro atoms. The summed E-state index contributed by atoms with van der Waals surface area (Å²) in [5.74, 6) is 0.608. The minimum atomic E-state index is -4.60. The van der Waals surface area contributed by atoms with Crippen LogP contribution in [0.4, 0.5) is 13.2 Å². The number of methoxy groups -OCH3 is 1. The highest BCUT2D eigenvalue weighted by atomic mass is 19.4. The van der Waals surface area contributed by atoms with Crippen LogP contribution in [0.3, 0.4) is 0 Å². The van der Waals surface area contributed by atoms with Crippen molar-refractivity contribution in [3.8, 4) is 34.0 Å². The molecule has 7 heteroatoms. The highest BCUT2D eigenvalue weighted by Crippen LogP contribution is 2.41. The van der Waals surface area contributed by atoms with Gasteiger partial charge in [-0.1, -0.05) is 48.5 Å². The van der Waals surface area contributed by atoms with Gasteiger partial charge in [0.15, 0.2) is 5.65 Å². The Bertz CT molecular complexity index is 1410. The standard InChI is InChI=1S/C26H18F3N3O/c1-33-20-14-12-17(13-15-20)22-16-21(26(27,28)29)23-24(18-8-4-2-5-9-18)31-32(25(23)30-22)19-10-6-3-7-11-19/h2-16H,1H3. The van der Waals surface area contributed by atoms with Gasteiger partial charge in [-0.05, 0) is 42.5 Å². The lowest BCUT2D eigenvalue weighted by Gasteiger charge is -2.12. The van der Waals surface area contributed by atoms with Crippen LogP contribution in [0.2, 0.25) is 0 Å². The molecule has 0 N–H and O–H groups in total. The smallest absolute Gasteiger partial charge is 0.417 e. The van der Waals surface area contributed by atoms with Gasteiger partial charge < -0.3 is 4.74 Å². The van der Waals surface area contributed by atoms with E-state index in [2.05, 4.69) is 10.1 Å². The lowest BCUT2D eigenvalue weighted by Crippen LogP contribution is -2.08. The van der Waals surface area contributed by atoms with E-state index in [1.807, 2.05) is 24.3 Å². The summed E-state index contributed by atoms with van der Waals surface area (Å²) in [5, 5.41) is 4.57. The van der Waals surface area contributed by atoms with Gasteiger partial charge in [0.1, 0.15) is 11.4 Å². The Kier molecular flexibility index (Phi) is 5.09. The van der Waals surface area contributed by atoms with Crippen LogP contribution in [0.15, 0.2) is 91.0 Å². The SMILES string of the molecule is COc1ccc(-c2cc(C(F)(F)F)c3c(-c4ccccc4)nn(-c4ccccc4)c3n2)cc1. The van der Waals surface area contributed by atoms with Gasteiger partial charge in [0.2, 0.25) is 0 Å². The first-order valence-electron chi connectivity index (χ1n) is 10.2. The Labute approximate surface area is 187 Å². The number of alkyl halides is 3. The molecule has 0 radical (unpaired) electrons. The molecule has 0 bridgehead atoms. The van der Waals surface area contributed by atoms with Crippen molar-refractivity contribution in [2.24, 2.45) is 0 Å². The Morgan fingerprint density at radius 2 is 1.42 bits per heavy atom. The molecule has 0 fully saturated rings. The van der Waals surface area contributed by atoms with E-state index in [1.165, 1.54) is 11.8 Å². The van der Waals surface area contributed by atoms with Crippen molar-refractivity contribution in [3.63, 3.8) is 0 Å². The molecule has 5 rings (SSSR count). The second-order valence-corrected chi connectivity index (χ2v) is 7.44. The fourth-order valence-corrected chi connectivity index (χ4v) is 3.80. The van der Waals surface area contributed by atoms with Crippen LogP contribution in [0, 0.1) is 0 Å². The topological polar surface area (TPSA) is 39.9 Å². The van der Waals surface area contributed by atoms with Crippen LogP contribution < -0.4 is 4.74 Å². The number of pyridine rings is 1. The lowest BCUT2D eigenvalue weighted by atomic mass is 10.0. The van der Waals surface area contributed by atoms with Crippen molar-refractivity contribution in [3.05, 3.63) is 96.6 Å². The zero-order valence-corrected chi connectivity index (χ0v) is 17.5. The van der Waals surface area contributed by atoms with Crippen molar-refractivity contribution >= 4 is 11.0 Å². The van der Waals surface area contributed by atoms with Crippen LogP contribution in [0.25, 0.3) is 39.2 Å². The third-order valence-corrected chi connectivity index (χ3v) is 5.38. The average molecular weight is 445 g/mol. The van der Waals surface area contributed by atoms with Crippen LogP contribution >= 0.6 is 0 Å². The largest absolute Gasteiger partial charge is 0.497 e. The Morgan fingerprint density at radius 3 is 2.03 bits per heavy atom. The van der Waals surface area contributed by atoms with Crippen molar-refractivity contribution in [1.29, 1.82) is 0 Å². The van der Waals surface area contributed by atoms with Gasteiger partial charge in [0, 0.05) is 11.1 Å². The predicted octanol–water partition coefficient (Wildman–Crippen LogP) is 6.78. The Hall–Kier alpha value is -4.13. The van der Waals surface area contributed by atoms with Crippen molar-refractivity contribution in [2.75, 3.05) is 7.11 Å². The third-order valence-electron chi connectivity index (χ3n) is 5.38. The zero-order chi connectivity index (χ0) is 23.0. The minimum absolute atomic E-state index is 0.0326. The number of hydrogen-bond donors (Lipinski definition) is 0. The van der Waals surface area contributed by atoms with Crippen LogP contribution in [-0.2, 0) is 6.18 Å². The van der Waals surface area contributed by atoms with E-state index < -0.39 is 11.7 Å². The summed E-state index contributed by atoms with van der Waals surface area (Å²) in [6, 6.07) is 25.7. The summed E-state index contributed by atoms with van der Waals surface area (Å²) >= 11 is 0. The number of rotatable bonds is 4. The molecule has 33 heavy (non-hydrogen) atoms.